The molecule has 2 aromatic carbocycles. The molecule has 0 amide bonds. The summed E-state index contributed by atoms with van der Waals surface area (Å²) in [5.74, 6) is -0.474. The molecule has 31 heavy (non-hydrogen) atoms. The number of alkyl halides is 3. The first-order valence-electron chi connectivity index (χ1n) is 9.80. The maximum atomic E-state index is 12.8. The molecule has 0 aliphatic heterocycles. The summed E-state index contributed by atoms with van der Waals surface area (Å²) in [6, 6.07) is 10.9. The fourth-order valence-electron chi connectivity index (χ4n) is 2.83. The number of thioether (sulfide) groups is 1. The van der Waals surface area contributed by atoms with Crippen molar-refractivity contribution in [3.8, 4) is 5.75 Å². The number of carboxylic acids is 1. The molecule has 0 radical (unpaired) electrons. The van der Waals surface area contributed by atoms with E-state index in [1.165, 1.54) is 24.1 Å². The number of nitrogens with zero attached hydrogens (tertiary/aromatic N) is 1. The van der Waals surface area contributed by atoms with Gasteiger partial charge in [-0.25, -0.2) is 9.10 Å². The van der Waals surface area contributed by atoms with Crippen LogP contribution in [0, 0.1) is 6.92 Å². The molecule has 170 valence electrons. The van der Waals surface area contributed by atoms with Gasteiger partial charge in [0.25, 0.3) is 0 Å². The second-order valence-corrected chi connectivity index (χ2v) is 9.72. The number of hydrogen-bond donors (Lipinski definition) is 1. The zero-order valence-electron chi connectivity index (χ0n) is 17.6. The van der Waals surface area contributed by atoms with Crippen molar-refractivity contribution in [1.29, 1.82) is 0 Å². The van der Waals surface area contributed by atoms with Crippen molar-refractivity contribution in [1.82, 2.24) is 4.31 Å². The molecule has 4 nitrogen and oxygen atoms in total. The second-order valence-electron chi connectivity index (χ2n) is 7.04. The van der Waals surface area contributed by atoms with Crippen molar-refractivity contribution in [2.24, 2.45) is 0 Å². The Morgan fingerprint density at radius 3 is 2.35 bits per heavy atom. The SMILES string of the molecule is CCCN(C[C@@H](C)Sc1ccc(OCC(=O)O)c(C)c1)Sc1ccc(C(F)(F)F)cc1. The smallest absolute Gasteiger partial charge is 0.416 e. The number of rotatable bonds is 11. The Bertz CT molecular complexity index is 860. The van der Waals surface area contributed by atoms with Gasteiger partial charge in [-0.3, -0.25) is 0 Å². The van der Waals surface area contributed by atoms with Crippen LogP contribution in [0.2, 0.25) is 0 Å². The molecule has 0 fully saturated rings. The Kier molecular flexibility index (Phi) is 9.58. The van der Waals surface area contributed by atoms with Crippen LogP contribution in [0.25, 0.3) is 0 Å². The highest BCUT2D eigenvalue weighted by Crippen LogP contribution is 2.33. The van der Waals surface area contributed by atoms with Crippen LogP contribution in [-0.4, -0.2) is 40.3 Å². The monoisotopic (exact) mass is 473 g/mol. The normalized spacial score (nSPS) is 12.7. The van der Waals surface area contributed by atoms with Gasteiger partial charge in [0.15, 0.2) is 6.61 Å². The molecule has 0 aromatic heterocycles. The van der Waals surface area contributed by atoms with Gasteiger partial charge in [0.1, 0.15) is 5.75 Å². The first-order chi connectivity index (χ1) is 14.6. The molecule has 0 heterocycles. The van der Waals surface area contributed by atoms with Crippen LogP contribution < -0.4 is 4.74 Å². The van der Waals surface area contributed by atoms with Crippen LogP contribution in [0.5, 0.6) is 5.75 Å². The van der Waals surface area contributed by atoms with Gasteiger partial charge < -0.3 is 9.84 Å². The van der Waals surface area contributed by atoms with Gasteiger partial charge in [-0.15, -0.1) is 11.8 Å². The van der Waals surface area contributed by atoms with E-state index in [4.69, 9.17) is 9.84 Å². The average Bonchev–Trinajstić information content (AvgIpc) is 2.67. The summed E-state index contributed by atoms with van der Waals surface area (Å²) in [5, 5.41) is 8.97. The molecule has 9 heteroatoms. The maximum absolute atomic E-state index is 12.8. The van der Waals surface area contributed by atoms with Gasteiger partial charge in [-0.2, -0.15) is 13.2 Å². The van der Waals surface area contributed by atoms with Crippen LogP contribution in [0.1, 0.15) is 31.4 Å². The molecule has 0 aliphatic carbocycles. The van der Waals surface area contributed by atoms with Crippen LogP contribution >= 0.6 is 23.7 Å². The van der Waals surface area contributed by atoms with Gasteiger partial charge in [-0.05, 0) is 73.3 Å². The molecule has 0 saturated heterocycles. The van der Waals surface area contributed by atoms with E-state index in [0.717, 1.165) is 47.0 Å². The van der Waals surface area contributed by atoms with Crippen LogP contribution in [0.3, 0.4) is 0 Å². The van der Waals surface area contributed by atoms with E-state index in [-0.39, 0.29) is 11.9 Å². The largest absolute Gasteiger partial charge is 0.482 e. The number of carboxylic acid groups (broad SMARTS) is 1. The Morgan fingerprint density at radius 1 is 1.16 bits per heavy atom. The number of halogens is 3. The number of benzene rings is 2. The number of aliphatic carboxylic acids is 1. The fourth-order valence-corrected chi connectivity index (χ4v) is 5.16. The highest BCUT2D eigenvalue weighted by Gasteiger charge is 2.30. The Labute approximate surface area is 189 Å². The van der Waals surface area contributed by atoms with Gasteiger partial charge in [0.05, 0.1) is 5.56 Å². The lowest BCUT2D eigenvalue weighted by molar-refractivity contribution is -0.139. The van der Waals surface area contributed by atoms with Crippen molar-refractivity contribution in [3.05, 3.63) is 53.6 Å². The van der Waals surface area contributed by atoms with E-state index in [1.54, 1.807) is 17.8 Å². The third-order valence-electron chi connectivity index (χ3n) is 4.18. The number of ether oxygens (including phenoxy) is 1. The first kappa shape index (κ1) is 25.4. The summed E-state index contributed by atoms with van der Waals surface area (Å²) in [6.45, 7) is 7.23. The predicted molar refractivity (Wildman–Crippen MR) is 119 cm³/mol. The second kappa shape index (κ2) is 11.7. The zero-order valence-corrected chi connectivity index (χ0v) is 19.2. The predicted octanol–water partition coefficient (Wildman–Crippen LogP) is 6.38. The van der Waals surface area contributed by atoms with E-state index < -0.39 is 17.7 Å². The molecular formula is C22H26F3NO3S2. The van der Waals surface area contributed by atoms with Crippen LogP contribution in [0.4, 0.5) is 13.2 Å². The van der Waals surface area contributed by atoms with E-state index in [2.05, 4.69) is 18.2 Å². The molecule has 2 rings (SSSR count). The summed E-state index contributed by atoms with van der Waals surface area (Å²) in [6.07, 6.45) is -3.40. The minimum Gasteiger partial charge on any atom is -0.482 e. The summed E-state index contributed by atoms with van der Waals surface area (Å²) < 4.78 is 45.7. The van der Waals surface area contributed by atoms with Gasteiger partial charge in [0, 0.05) is 28.1 Å². The zero-order chi connectivity index (χ0) is 23.0. The first-order valence-corrected chi connectivity index (χ1v) is 11.5. The molecular weight excluding hydrogens is 447 g/mol. The third-order valence-corrected chi connectivity index (χ3v) is 6.34. The summed E-state index contributed by atoms with van der Waals surface area (Å²) >= 11 is 3.15. The minimum atomic E-state index is -4.33. The highest BCUT2D eigenvalue weighted by atomic mass is 32.2. The molecule has 0 aliphatic rings. The van der Waals surface area contributed by atoms with E-state index in [1.807, 2.05) is 19.1 Å². The quantitative estimate of drug-likeness (QED) is 0.302. The Balaban J connectivity index is 1.96. The lowest BCUT2D eigenvalue weighted by atomic mass is 10.2. The van der Waals surface area contributed by atoms with Crippen molar-refractivity contribution in [3.63, 3.8) is 0 Å². The Hall–Kier alpha value is -1.84. The number of aryl methyl sites for hydroxylation is 1. The van der Waals surface area contributed by atoms with E-state index in [9.17, 15) is 18.0 Å². The molecule has 0 spiro atoms. The third kappa shape index (κ3) is 8.66. The average molecular weight is 474 g/mol. The highest BCUT2D eigenvalue weighted by molar-refractivity contribution is 8.00. The van der Waals surface area contributed by atoms with Crippen LogP contribution in [0.15, 0.2) is 52.3 Å². The molecule has 1 N–H and O–H groups in total. The molecule has 0 bridgehead atoms. The maximum Gasteiger partial charge on any atom is 0.416 e. The topological polar surface area (TPSA) is 49.8 Å². The van der Waals surface area contributed by atoms with Crippen molar-refractivity contribution >= 4 is 29.7 Å². The standard InChI is InChI=1S/C22H26F3NO3S2/c1-4-11-26(31-18-7-5-17(6-8-18)22(23,24)25)13-16(3)30-19-9-10-20(15(2)12-19)29-14-21(27)28/h5-10,12,16H,4,11,13-14H2,1-3H3,(H,27,28)/t16-/m1/s1. The lowest BCUT2D eigenvalue weighted by Crippen LogP contribution is -2.24. The fraction of sp³-hybridized carbons (Fsp3) is 0.409. The van der Waals surface area contributed by atoms with E-state index in [0.29, 0.717) is 5.75 Å². The number of hydrogen-bond acceptors (Lipinski definition) is 5. The van der Waals surface area contributed by atoms with Gasteiger partial charge >= 0.3 is 12.1 Å². The van der Waals surface area contributed by atoms with Crippen molar-refractivity contribution in [2.45, 2.75) is 48.4 Å². The van der Waals surface area contributed by atoms with Gasteiger partial charge in [0.2, 0.25) is 0 Å². The molecule has 0 unspecified atom stereocenters. The minimum absolute atomic E-state index is 0.235. The van der Waals surface area contributed by atoms with Crippen LogP contribution in [-0.2, 0) is 11.0 Å². The Morgan fingerprint density at radius 2 is 1.81 bits per heavy atom. The number of carbonyl (C=O) groups is 1. The molecule has 2 aromatic rings. The van der Waals surface area contributed by atoms with E-state index >= 15 is 0 Å². The summed E-state index contributed by atoms with van der Waals surface area (Å²) in [5.41, 5.74) is 0.219. The van der Waals surface area contributed by atoms with Crippen molar-refractivity contribution in [2.75, 3.05) is 19.7 Å². The molecule has 1 atom stereocenters. The summed E-state index contributed by atoms with van der Waals surface area (Å²) in [4.78, 5) is 12.5. The lowest BCUT2D eigenvalue weighted by Gasteiger charge is -2.24. The van der Waals surface area contributed by atoms with Gasteiger partial charge in [-0.1, -0.05) is 13.8 Å². The summed E-state index contributed by atoms with van der Waals surface area (Å²) in [7, 11) is 0. The molecule has 0 saturated carbocycles. The van der Waals surface area contributed by atoms with Crippen molar-refractivity contribution < 1.29 is 27.8 Å².